The summed E-state index contributed by atoms with van der Waals surface area (Å²) >= 11 is 0. The van der Waals surface area contributed by atoms with Gasteiger partial charge in [0.15, 0.2) is 0 Å². The first-order chi connectivity index (χ1) is 11.8. The predicted molar refractivity (Wildman–Crippen MR) is 97.4 cm³/mol. The normalized spacial score (nSPS) is 11.2. The SMILES string of the molecule is COc1ccc(S(=O)(=O)NCCN(C(C)=O)c2ccccc2)c(C)c1. The number of carbonyl (C=O) groups is 1. The number of nitrogens with zero attached hydrogens (tertiary/aromatic N) is 1. The Hall–Kier alpha value is -2.38. The second-order valence-corrected chi connectivity index (χ2v) is 7.27. The minimum Gasteiger partial charge on any atom is -0.497 e. The van der Waals surface area contributed by atoms with Crippen molar-refractivity contribution in [3.8, 4) is 5.75 Å². The van der Waals surface area contributed by atoms with Gasteiger partial charge in [0.2, 0.25) is 15.9 Å². The molecule has 2 aromatic rings. The summed E-state index contributed by atoms with van der Waals surface area (Å²) in [4.78, 5) is 13.6. The standard InChI is InChI=1S/C18H22N2O4S/c1-14-13-17(24-3)9-10-18(14)25(22,23)19-11-12-20(15(2)21)16-7-5-4-6-8-16/h4-10,13,19H,11-12H2,1-3H3. The summed E-state index contributed by atoms with van der Waals surface area (Å²) in [5.41, 5.74) is 1.33. The third-order valence-electron chi connectivity index (χ3n) is 3.75. The van der Waals surface area contributed by atoms with Crippen molar-refractivity contribution in [2.75, 3.05) is 25.1 Å². The molecule has 2 rings (SSSR count). The van der Waals surface area contributed by atoms with E-state index in [1.165, 1.54) is 25.0 Å². The molecule has 0 aliphatic rings. The Bertz CT molecular complexity index is 835. The fraction of sp³-hybridized carbons (Fsp3) is 0.278. The average molecular weight is 362 g/mol. The maximum absolute atomic E-state index is 12.5. The number of benzene rings is 2. The van der Waals surface area contributed by atoms with Crippen LogP contribution in [0.4, 0.5) is 5.69 Å². The zero-order valence-electron chi connectivity index (χ0n) is 14.5. The van der Waals surface area contributed by atoms with E-state index in [2.05, 4.69) is 4.72 Å². The van der Waals surface area contributed by atoms with Gasteiger partial charge in [0.05, 0.1) is 12.0 Å². The first kappa shape index (κ1) is 19.0. The lowest BCUT2D eigenvalue weighted by Gasteiger charge is -2.21. The van der Waals surface area contributed by atoms with Crippen LogP contribution in [0.1, 0.15) is 12.5 Å². The van der Waals surface area contributed by atoms with Gasteiger partial charge in [-0.1, -0.05) is 18.2 Å². The van der Waals surface area contributed by atoms with Crippen LogP contribution in [-0.2, 0) is 14.8 Å². The van der Waals surface area contributed by atoms with Crippen molar-refractivity contribution in [1.29, 1.82) is 0 Å². The van der Waals surface area contributed by atoms with Crippen LogP contribution in [-0.4, -0.2) is 34.5 Å². The van der Waals surface area contributed by atoms with Gasteiger partial charge < -0.3 is 9.64 Å². The van der Waals surface area contributed by atoms with Gasteiger partial charge in [-0.05, 0) is 42.8 Å². The van der Waals surface area contributed by atoms with E-state index in [9.17, 15) is 13.2 Å². The predicted octanol–water partition coefficient (Wildman–Crippen LogP) is 2.34. The Balaban J connectivity index is 2.08. The zero-order valence-corrected chi connectivity index (χ0v) is 15.3. The first-order valence-corrected chi connectivity index (χ1v) is 9.31. The molecule has 0 saturated carbocycles. The molecule has 25 heavy (non-hydrogen) atoms. The lowest BCUT2D eigenvalue weighted by Crippen LogP contribution is -2.37. The van der Waals surface area contributed by atoms with E-state index >= 15 is 0 Å². The van der Waals surface area contributed by atoms with Crippen LogP contribution < -0.4 is 14.4 Å². The zero-order chi connectivity index (χ0) is 18.4. The monoisotopic (exact) mass is 362 g/mol. The van der Waals surface area contributed by atoms with Gasteiger partial charge in [0, 0.05) is 25.7 Å². The topological polar surface area (TPSA) is 75.7 Å². The number of aryl methyl sites for hydroxylation is 1. The number of hydrogen-bond acceptors (Lipinski definition) is 4. The average Bonchev–Trinajstić information content (AvgIpc) is 2.58. The molecule has 134 valence electrons. The Kier molecular flexibility index (Phi) is 6.17. The molecular formula is C18H22N2O4S. The summed E-state index contributed by atoms with van der Waals surface area (Å²) in [6, 6.07) is 13.9. The highest BCUT2D eigenvalue weighted by Gasteiger charge is 2.18. The molecule has 0 bridgehead atoms. The number of carbonyl (C=O) groups excluding carboxylic acids is 1. The van der Waals surface area contributed by atoms with Crippen molar-refractivity contribution in [1.82, 2.24) is 4.72 Å². The molecule has 7 heteroatoms. The first-order valence-electron chi connectivity index (χ1n) is 7.82. The molecule has 0 heterocycles. The van der Waals surface area contributed by atoms with E-state index in [0.717, 1.165) is 5.69 Å². The molecular weight excluding hydrogens is 340 g/mol. The lowest BCUT2D eigenvalue weighted by molar-refractivity contribution is -0.116. The van der Waals surface area contributed by atoms with Crippen molar-refractivity contribution < 1.29 is 17.9 Å². The molecule has 0 aromatic heterocycles. The molecule has 0 aliphatic carbocycles. The van der Waals surface area contributed by atoms with E-state index in [1.54, 1.807) is 19.1 Å². The number of hydrogen-bond donors (Lipinski definition) is 1. The summed E-state index contributed by atoms with van der Waals surface area (Å²) in [6.07, 6.45) is 0. The number of sulfonamides is 1. The minimum absolute atomic E-state index is 0.113. The number of para-hydroxylation sites is 1. The summed E-state index contributed by atoms with van der Waals surface area (Å²) < 4.78 is 32.6. The molecule has 0 radical (unpaired) electrons. The number of ether oxygens (including phenoxy) is 1. The highest BCUT2D eigenvalue weighted by atomic mass is 32.2. The molecule has 0 aliphatic heterocycles. The third-order valence-corrected chi connectivity index (χ3v) is 5.37. The number of amides is 1. The smallest absolute Gasteiger partial charge is 0.240 e. The second-order valence-electron chi connectivity index (χ2n) is 5.54. The quantitative estimate of drug-likeness (QED) is 0.820. The highest BCUT2D eigenvalue weighted by Crippen LogP contribution is 2.20. The van der Waals surface area contributed by atoms with Crippen molar-refractivity contribution in [2.45, 2.75) is 18.7 Å². The number of nitrogens with one attached hydrogen (secondary N) is 1. The van der Waals surface area contributed by atoms with Gasteiger partial charge in [0.1, 0.15) is 5.75 Å². The lowest BCUT2D eigenvalue weighted by atomic mass is 10.2. The van der Waals surface area contributed by atoms with Crippen LogP contribution in [0.3, 0.4) is 0 Å². The summed E-state index contributed by atoms with van der Waals surface area (Å²) in [6.45, 7) is 3.52. The highest BCUT2D eigenvalue weighted by molar-refractivity contribution is 7.89. The van der Waals surface area contributed by atoms with E-state index in [4.69, 9.17) is 4.74 Å². The number of rotatable bonds is 7. The van der Waals surface area contributed by atoms with E-state index < -0.39 is 10.0 Å². The summed E-state index contributed by atoms with van der Waals surface area (Å²) in [5.74, 6) is 0.453. The summed E-state index contributed by atoms with van der Waals surface area (Å²) in [5, 5.41) is 0. The second kappa shape index (κ2) is 8.13. The van der Waals surface area contributed by atoms with Gasteiger partial charge in [-0.2, -0.15) is 0 Å². The van der Waals surface area contributed by atoms with Gasteiger partial charge in [-0.15, -0.1) is 0 Å². The maximum Gasteiger partial charge on any atom is 0.240 e. The van der Waals surface area contributed by atoms with E-state index in [1.807, 2.05) is 30.3 Å². The van der Waals surface area contributed by atoms with Crippen LogP contribution in [0.2, 0.25) is 0 Å². The van der Waals surface area contributed by atoms with Gasteiger partial charge in [-0.25, -0.2) is 13.1 Å². The Morgan fingerprint density at radius 3 is 2.40 bits per heavy atom. The van der Waals surface area contributed by atoms with E-state index in [0.29, 0.717) is 11.3 Å². The van der Waals surface area contributed by atoms with E-state index in [-0.39, 0.29) is 23.9 Å². The van der Waals surface area contributed by atoms with Gasteiger partial charge >= 0.3 is 0 Å². The molecule has 0 unspecified atom stereocenters. The molecule has 0 atom stereocenters. The number of methoxy groups -OCH3 is 1. The Morgan fingerprint density at radius 2 is 1.84 bits per heavy atom. The minimum atomic E-state index is -3.66. The third kappa shape index (κ3) is 4.80. The largest absolute Gasteiger partial charge is 0.497 e. The van der Waals surface area contributed by atoms with Crippen molar-refractivity contribution in [2.24, 2.45) is 0 Å². The van der Waals surface area contributed by atoms with Crippen LogP contribution >= 0.6 is 0 Å². The summed E-state index contributed by atoms with van der Waals surface area (Å²) in [7, 11) is -2.13. The molecule has 1 N–H and O–H groups in total. The van der Waals surface area contributed by atoms with Crippen LogP contribution in [0, 0.1) is 6.92 Å². The van der Waals surface area contributed by atoms with Crippen LogP contribution in [0.5, 0.6) is 5.75 Å². The molecule has 2 aromatic carbocycles. The number of anilines is 1. The van der Waals surface area contributed by atoms with Gasteiger partial charge in [-0.3, -0.25) is 4.79 Å². The van der Waals surface area contributed by atoms with Crippen LogP contribution in [0.15, 0.2) is 53.4 Å². The Labute approximate surface area is 148 Å². The Morgan fingerprint density at radius 1 is 1.16 bits per heavy atom. The molecule has 0 saturated heterocycles. The fourth-order valence-electron chi connectivity index (χ4n) is 2.50. The molecule has 0 spiro atoms. The van der Waals surface area contributed by atoms with Crippen molar-refractivity contribution in [3.05, 3.63) is 54.1 Å². The fourth-order valence-corrected chi connectivity index (χ4v) is 3.74. The van der Waals surface area contributed by atoms with Crippen molar-refractivity contribution >= 4 is 21.6 Å². The molecule has 6 nitrogen and oxygen atoms in total. The molecule has 1 amide bonds. The maximum atomic E-state index is 12.5. The van der Waals surface area contributed by atoms with Gasteiger partial charge in [0.25, 0.3) is 0 Å². The molecule has 0 fully saturated rings. The van der Waals surface area contributed by atoms with Crippen LogP contribution in [0.25, 0.3) is 0 Å². The van der Waals surface area contributed by atoms with Crippen molar-refractivity contribution in [3.63, 3.8) is 0 Å².